The topological polar surface area (TPSA) is 86.9 Å². The Balaban J connectivity index is 1.56. The van der Waals surface area contributed by atoms with Crippen LogP contribution >= 0.6 is 0 Å². The maximum Gasteiger partial charge on any atom is 0.226 e. The molecule has 1 N–H and O–H groups in total. The highest BCUT2D eigenvalue weighted by Crippen LogP contribution is 2.34. The molecule has 1 aliphatic heterocycles. The molecule has 0 unspecified atom stereocenters. The van der Waals surface area contributed by atoms with E-state index in [1.54, 1.807) is 7.05 Å². The zero-order valence-corrected chi connectivity index (χ0v) is 15.2. The van der Waals surface area contributed by atoms with Gasteiger partial charge in [-0.25, -0.2) is 0 Å². The fourth-order valence-electron chi connectivity index (χ4n) is 3.60. The largest absolute Gasteiger partial charge is 0.381 e. The minimum atomic E-state index is -0.258. The first-order chi connectivity index (χ1) is 13.2. The average molecular weight is 366 g/mol. The molecule has 0 radical (unpaired) electrons. The minimum absolute atomic E-state index is 0.0399. The lowest BCUT2D eigenvalue weighted by Crippen LogP contribution is -2.42. The van der Waals surface area contributed by atoms with Crippen molar-refractivity contribution in [3.05, 3.63) is 48.8 Å². The van der Waals surface area contributed by atoms with Crippen LogP contribution in [-0.4, -0.2) is 43.9 Å². The number of anilines is 1. The number of ether oxygens (including phenoxy) is 1. The van der Waals surface area contributed by atoms with E-state index >= 15 is 0 Å². The Morgan fingerprint density at radius 2 is 1.93 bits per heavy atom. The van der Waals surface area contributed by atoms with E-state index in [1.165, 1.54) is 4.80 Å². The lowest BCUT2D eigenvalue weighted by Gasteiger charge is -2.38. The Morgan fingerprint density at radius 3 is 2.63 bits per heavy atom. The van der Waals surface area contributed by atoms with Gasteiger partial charge in [-0.3, -0.25) is 4.79 Å². The fraction of sp³-hybridized carbons (Fsp3) is 0.368. The summed E-state index contributed by atoms with van der Waals surface area (Å²) in [6.45, 7) is 1.32. The molecule has 8 nitrogen and oxygen atoms in total. The number of aryl methyl sites for hydroxylation is 1. The number of rotatable bonds is 5. The van der Waals surface area contributed by atoms with E-state index in [2.05, 4.69) is 25.3 Å². The highest BCUT2D eigenvalue weighted by Gasteiger charge is 2.36. The SMILES string of the molecule is Cn1nnc(-c2ccccc2NC(=O)CC2(n3cccc3)CCOCC2)n1. The van der Waals surface area contributed by atoms with Crippen molar-refractivity contribution < 1.29 is 9.53 Å². The van der Waals surface area contributed by atoms with E-state index in [0.29, 0.717) is 31.1 Å². The second kappa shape index (κ2) is 7.32. The summed E-state index contributed by atoms with van der Waals surface area (Å²) in [5, 5.41) is 15.2. The van der Waals surface area contributed by atoms with Crippen molar-refractivity contribution in [2.24, 2.45) is 7.05 Å². The Morgan fingerprint density at radius 1 is 1.19 bits per heavy atom. The van der Waals surface area contributed by atoms with Crippen molar-refractivity contribution >= 4 is 11.6 Å². The maximum atomic E-state index is 12.9. The molecule has 27 heavy (non-hydrogen) atoms. The van der Waals surface area contributed by atoms with Crippen LogP contribution in [0.1, 0.15) is 19.3 Å². The molecule has 0 saturated carbocycles. The molecule has 3 heterocycles. The number of para-hydroxylation sites is 1. The van der Waals surface area contributed by atoms with Crippen LogP contribution in [0.3, 0.4) is 0 Å². The van der Waals surface area contributed by atoms with Crippen molar-refractivity contribution in [2.75, 3.05) is 18.5 Å². The zero-order chi connectivity index (χ0) is 18.7. The number of hydrogen-bond acceptors (Lipinski definition) is 5. The Hall–Kier alpha value is -3.00. The predicted octanol–water partition coefficient (Wildman–Crippen LogP) is 2.21. The van der Waals surface area contributed by atoms with E-state index < -0.39 is 0 Å². The van der Waals surface area contributed by atoms with Gasteiger partial charge in [-0.05, 0) is 42.3 Å². The molecular formula is C19H22N6O2. The van der Waals surface area contributed by atoms with Crippen LogP contribution in [0.15, 0.2) is 48.8 Å². The van der Waals surface area contributed by atoms with Gasteiger partial charge in [0.15, 0.2) is 0 Å². The molecule has 0 atom stereocenters. The van der Waals surface area contributed by atoms with Gasteiger partial charge in [0.25, 0.3) is 0 Å². The summed E-state index contributed by atoms with van der Waals surface area (Å²) in [6.07, 6.45) is 6.05. The first-order valence-electron chi connectivity index (χ1n) is 9.01. The summed E-state index contributed by atoms with van der Waals surface area (Å²) in [6, 6.07) is 11.5. The van der Waals surface area contributed by atoms with Gasteiger partial charge in [0.05, 0.1) is 24.7 Å². The van der Waals surface area contributed by atoms with E-state index in [9.17, 15) is 4.79 Å². The second-order valence-corrected chi connectivity index (χ2v) is 6.80. The van der Waals surface area contributed by atoms with Crippen molar-refractivity contribution in [3.8, 4) is 11.4 Å². The van der Waals surface area contributed by atoms with Crippen LogP contribution in [0.5, 0.6) is 0 Å². The standard InChI is InChI=1S/C19H22N6O2/c1-24-22-18(21-23-24)15-6-2-3-7-16(15)20-17(26)14-19(8-12-27-13-9-19)25-10-4-5-11-25/h2-7,10-11H,8-9,12-14H2,1H3,(H,20,26). The minimum Gasteiger partial charge on any atom is -0.381 e. The summed E-state index contributed by atoms with van der Waals surface area (Å²) in [4.78, 5) is 14.3. The van der Waals surface area contributed by atoms with Crippen LogP contribution < -0.4 is 5.32 Å². The van der Waals surface area contributed by atoms with Gasteiger partial charge in [-0.15, -0.1) is 10.2 Å². The maximum absolute atomic E-state index is 12.9. The average Bonchev–Trinajstić information content (AvgIpc) is 3.35. The van der Waals surface area contributed by atoms with E-state index in [-0.39, 0.29) is 11.4 Å². The van der Waals surface area contributed by atoms with Crippen molar-refractivity contribution in [1.29, 1.82) is 0 Å². The number of tetrazole rings is 1. The predicted molar refractivity (Wildman–Crippen MR) is 99.9 cm³/mol. The summed E-state index contributed by atoms with van der Waals surface area (Å²) in [7, 11) is 1.71. The number of nitrogens with one attached hydrogen (secondary N) is 1. The van der Waals surface area contributed by atoms with Crippen LogP contribution in [0.2, 0.25) is 0 Å². The van der Waals surface area contributed by atoms with E-state index in [1.807, 2.05) is 48.8 Å². The molecule has 1 aliphatic rings. The molecule has 1 amide bonds. The Labute approximate surface area is 157 Å². The summed E-state index contributed by atoms with van der Waals surface area (Å²) < 4.78 is 7.68. The molecular weight excluding hydrogens is 344 g/mol. The number of aromatic nitrogens is 5. The normalized spacial score (nSPS) is 16.2. The number of benzene rings is 1. The Kier molecular flexibility index (Phi) is 4.72. The quantitative estimate of drug-likeness (QED) is 0.748. The highest BCUT2D eigenvalue weighted by molar-refractivity contribution is 5.95. The number of hydrogen-bond donors (Lipinski definition) is 1. The van der Waals surface area contributed by atoms with Gasteiger partial charge >= 0.3 is 0 Å². The summed E-state index contributed by atoms with van der Waals surface area (Å²) in [5.74, 6) is 0.446. The third-order valence-corrected chi connectivity index (χ3v) is 5.02. The lowest BCUT2D eigenvalue weighted by atomic mass is 9.85. The molecule has 2 aromatic heterocycles. The molecule has 1 aromatic carbocycles. The number of amides is 1. The molecule has 3 aromatic rings. The molecule has 8 heteroatoms. The fourth-order valence-corrected chi connectivity index (χ4v) is 3.60. The molecule has 4 rings (SSSR count). The van der Waals surface area contributed by atoms with Crippen molar-refractivity contribution in [2.45, 2.75) is 24.8 Å². The van der Waals surface area contributed by atoms with Crippen molar-refractivity contribution in [3.63, 3.8) is 0 Å². The van der Waals surface area contributed by atoms with Gasteiger partial charge in [0, 0.05) is 31.2 Å². The van der Waals surface area contributed by atoms with E-state index in [0.717, 1.165) is 18.4 Å². The lowest BCUT2D eigenvalue weighted by molar-refractivity contribution is -0.119. The smallest absolute Gasteiger partial charge is 0.226 e. The third kappa shape index (κ3) is 3.61. The molecule has 1 fully saturated rings. The van der Waals surface area contributed by atoms with Crippen LogP contribution in [-0.2, 0) is 22.1 Å². The molecule has 1 saturated heterocycles. The Bertz CT molecular complexity index is 912. The van der Waals surface area contributed by atoms with Crippen LogP contribution in [0.25, 0.3) is 11.4 Å². The van der Waals surface area contributed by atoms with Gasteiger partial charge in [-0.2, -0.15) is 4.80 Å². The number of nitrogens with zero attached hydrogens (tertiary/aromatic N) is 5. The summed E-state index contributed by atoms with van der Waals surface area (Å²) >= 11 is 0. The van der Waals surface area contributed by atoms with Gasteiger partial charge in [0.2, 0.25) is 11.7 Å². The van der Waals surface area contributed by atoms with Crippen LogP contribution in [0, 0.1) is 0 Å². The monoisotopic (exact) mass is 366 g/mol. The van der Waals surface area contributed by atoms with Crippen molar-refractivity contribution in [1.82, 2.24) is 24.8 Å². The van der Waals surface area contributed by atoms with E-state index in [4.69, 9.17) is 4.74 Å². The van der Waals surface area contributed by atoms with Gasteiger partial charge in [-0.1, -0.05) is 12.1 Å². The van der Waals surface area contributed by atoms with Gasteiger partial charge in [0.1, 0.15) is 0 Å². The number of carbonyl (C=O) groups is 1. The number of carbonyl (C=O) groups excluding carboxylic acids is 1. The zero-order valence-electron chi connectivity index (χ0n) is 15.2. The molecule has 0 bridgehead atoms. The highest BCUT2D eigenvalue weighted by atomic mass is 16.5. The third-order valence-electron chi connectivity index (χ3n) is 5.02. The molecule has 0 aliphatic carbocycles. The van der Waals surface area contributed by atoms with Crippen LogP contribution in [0.4, 0.5) is 5.69 Å². The van der Waals surface area contributed by atoms with Gasteiger partial charge < -0.3 is 14.6 Å². The summed E-state index contributed by atoms with van der Waals surface area (Å²) in [5.41, 5.74) is 1.18. The first-order valence-corrected chi connectivity index (χ1v) is 9.01. The molecule has 0 spiro atoms. The first kappa shape index (κ1) is 17.4. The second-order valence-electron chi connectivity index (χ2n) is 6.80. The molecule has 140 valence electrons.